The Balaban J connectivity index is 2.26. The van der Waals surface area contributed by atoms with E-state index in [4.69, 9.17) is 25.8 Å². The largest absolute Gasteiger partial charge is 0.495 e. The summed E-state index contributed by atoms with van der Waals surface area (Å²) in [5.41, 5.74) is 0.646. The van der Waals surface area contributed by atoms with Crippen LogP contribution in [0, 0.1) is 0 Å². The van der Waals surface area contributed by atoms with E-state index in [9.17, 15) is 4.79 Å². The molecule has 1 unspecified atom stereocenters. The topological polar surface area (TPSA) is 56.8 Å². The van der Waals surface area contributed by atoms with E-state index in [-0.39, 0.29) is 12.0 Å². The highest BCUT2D eigenvalue weighted by Gasteiger charge is 2.27. The molecule has 0 radical (unpaired) electrons. The normalized spacial score (nSPS) is 18.4. The van der Waals surface area contributed by atoms with Crippen LogP contribution < -0.4 is 14.8 Å². The molecule has 6 heteroatoms. The maximum Gasteiger partial charge on any atom is 0.328 e. The Morgan fingerprint density at radius 3 is 2.61 bits per heavy atom. The van der Waals surface area contributed by atoms with Gasteiger partial charge in [0.25, 0.3) is 0 Å². The highest BCUT2D eigenvalue weighted by molar-refractivity contribution is 6.32. The predicted octanol–water partition coefficient (Wildman–Crippen LogP) is 2.08. The van der Waals surface area contributed by atoms with Gasteiger partial charge in [-0.3, -0.25) is 0 Å². The number of anilines is 1. The molecule has 1 heterocycles. The molecule has 98 valence electrons. The highest BCUT2D eigenvalue weighted by atomic mass is 35.5. The summed E-state index contributed by atoms with van der Waals surface area (Å²) < 4.78 is 15.2. The lowest BCUT2D eigenvalue weighted by atomic mass is 10.2. The third-order valence-electron chi connectivity index (χ3n) is 2.74. The molecular formula is C12H14ClNO4. The average Bonchev–Trinajstić information content (AvgIpc) is 2.75. The molecule has 1 fully saturated rings. The zero-order chi connectivity index (χ0) is 13.1. The van der Waals surface area contributed by atoms with Crippen molar-refractivity contribution in [2.24, 2.45) is 0 Å². The zero-order valence-corrected chi connectivity index (χ0v) is 10.9. The summed E-state index contributed by atoms with van der Waals surface area (Å²) >= 11 is 6.04. The quantitative estimate of drug-likeness (QED) is 0.850. The van der Waals surface area contributed by atoms with Crippen LogP contribution in [0.4, 0.5) is 5.69 Å². The summed E-state index contributed by atoms with van der Waals surface area (Å²) in [5.74, 6) is 0.827. The summed E-state index contributed by atoms with van der Waals surface area (Å²) in [7, 11) is 3.07. The summed E-state index contributed by atoms with van der Waals surface area (Å²) in [6, 6.07) is 2.99. The number of carbonyl (C=O) groups is 1. The van der Waals surface area contributed by atoms with Crippen molar-refractivity contribution in [1.82, 2.24) is 0 Å². The Hall–Kier alpha value is -1.62. The second kappa shape index (κ2) is 5.35. The van der Waals surface area contributed by atoms with Gasteiger partial charge in [0.1, 0.15) is 17.5 Å². The Labute approximate surface area is 110 Å². The fraction of sp³-hybridized carbons (Fsp3) is 0.417. The van der Waals surface area contributed by atoms with Crippen LogP contribution in [0.1, 0.15) is 6.42 Å². The average molecular weight is 272 g/mol. The second-order valence-electron chi connectivity index (χ2n) is 3.84. The molecule has 1 aromatic carbocycles. The van der Waals surface area contributed by atoms with Gasteiger partial charge in [0.05, 0.1) is 31.5 Å². The highest BCUT2D eigenvalue weighted by Crippen LogP contribution is 2.36. The van der Waals surface area contributed by atoms with E-state index in [1.807, 2.05) is 0 Å². The van der Waals surface area contributed by atoms with Gasteiger partial charge in [-0.1, -0.05) is 11.6 Å². The first-order valence-electron chi connectivity index (χ1n) is 5.50. The van der Waals surface area contributed by atoms with Gasteiger partial charge in [-0.2, -0.15) is 0 Å². The van der Waals surface area contributed by atoms with Crippen LogP contribution in [0.15, 0.2) is 12.1 Å². The molecule has 0 amide bonds. The third kappa shape index (κ3) is 2.46. The number of hydrogen-bond acceptors (Lipinski definition) is 5. The second-order valence-corrected chi connectivity index (χ2v) is 4.25. The SMILES string of the molecule is COc1cc(OC)c(NC2CCOC2=O)cc1Cl. The van der Waals surface area contributed by atoms with Crippen LogP contribution in [-0.4, -0.2) is 32.8 Å². The van der Waals surface area contributed by atoms with Crippen molar-refractivity contribution in [2.75, 3.05) is 26.1 Å². The maximum absolute atomic E-state index is 11.4. The Morgan fingerprint density at radius 2 is 2.06 bits per heavy atom. The Morgan fingerprint density at radius 1 is 1.33 bits per heavy atom. The smallest absolute Gasteiger partial charge is 0.328 e. The fourth-order valence-corrected chi connectivity index (χ4v) is 2.03. The molecule has 1 aliphatic heterocycles. The lowest BCUT2D eigenvalue weighted by Crippen LogP contribution is -2.24. The van der Waals surface area contributed by atoms with Crippen molar-refractivity contribution >= 4 is 23.3 Å². The van der Waals surface area contributed by atoms with Gasteiger partial charge in [-0.15, -0.1) is 0 Å². The van der Waals surface area contributed by atoms with E-state index in [0.29, 0.717) is 35.2 Å². The van der Waals surface area contributed by atoms with E-state index in [0.717, 1.165) is 0 Å². The third-order valence-corrected chi connectivity index (χ3v) is 3.03. The van der Waals surface area contributed by atoms with Crippen molar-refractivity contribution < 1.29 is 19.0 Å². The first-order chi connectivity index (χ1) is 8.65. The van der Waals surface area contributed by atoms with Crippen LogP contribution in [0.25, 0.3) is 0 Å². The number of halogens is 1. The lowest BCUT2D eigenvalue weighted by Gasteiger charge is -2.15. The molecule has 0 aromatic heterocycles. The zero-order valence-electron chi connectivity index (χ0n) is 10.2. The first kappa shape index (κ1) is 12.8. The van der Waals surface area contributed by atoms with Crippen LogP contribution in [-0.2, 0) is 9.53 Å². The number of cyclic esters (lactones) is 1. The molecule has 0 spiro atoms. The van der Waals surface area contributed by atoms with Crippen LogP contribution >= 0.6 is 11.6 Å². The molecule has 1 saturated heterocycles. The first-order valence-corrected chi connectivity index (χ1v) is 5.88. The molecule has 18 heavy (non-hydrogen) atoms. The lowest BCUT2D eigenvalue weighted by molar-refractivity contribution is -0.138. The molecule has 1 atom stereocenters. The van der Waals surface area contributed by atoms with E-state index < -0.39 is 0 Å². The number of esters is 1. The van der Waals surface area contributed by atoms with Crippen molar-refractivity contribution in [3.05, 3.63) is 17.2 Å². The molecule has 5 nitrogen and oxygen atoms in total. The van der Waals surface area contributed by atoms with E-state index >= 15 is 0 Å². The molecule has 1 aromatic rings. The van der Waals surface area contributed by atoms with E-state index in [1.165, 1.54) is 7.11 Å². The van der Waals surface area contributed by atoms with Crippen LogP contribution in [0.5, 0.6) is 11.5 Å². The molecule has 0 aliphatic carbocycles. The number of benzene rings is 1. The Bertz CT molecular complexity index is 464. The molecular weight excluding hydrogens is 258 g/mol. The number of rotatable bonds is 4. The van der Waals surface area contributed by atoms with Gasteiger partial charge >= 0.3 is 5.97 Å². The van der Waals surface area contributed by atoms with Gasteiger partial charge < -0.3 is 19.5 Å². The summed E-state index contributed by atoms with van der Waals surface area (Å²) in [6.07, 6.45) is 0.631. The van der Waals surface area contributed by atoms with Crippen molar-refractivity contribution in [3.63, 3.8) is 0 Å². The number of nitrogens with one attached hydrogen (secondary N) is 1. The molecule has 1 aliphatic rings. The van der Waals surface area contributed by atoms with Gasteiger partial charge in [0.15, 0.2) is 0 Å². The van der Waals surface area contributed by atoms with Crippen molar-refractivity contribution in [2.45, 2.75) is 12.5 Å². The number of methoxy groups -OCH3 is 2. The molecule has 2 rings (SSSR count). The van der Waals surface area contributed by atoms with E-state index in [2.05, 4.69) is 5.32 Å². The standard InChI is InChI=1S/C12H14ClNO4/c1-16-10-6-11(17-2)9(5-7(10)13)14-8-3-4-18-12(8)15/h5-6,8,14H,3-4H2,1-2H3. The molecule has 0 bridgehead atoms. The number of hydrogen-bond donors (Lipinski definition) is 1. The predicted molar refractivity (Wildman–Crippen MR) is 67.5 cm³/mol. The summed E-state index contributed by atoms with van der Waals surface area (Å²) in [6.45, 7) is 0.433. The monoisotopic (exact) mass is 271 g/mol. The van der Waals surface area contributed by atoms with Gasteiger partial charge in [-0.25, -0.2) is 4.79 Å². The molecule has 0 saturated carbocycles. The van der Waals surface area contributed by atoms with Crippen LogP contribution in [0.2, 0.25) is 5.02 Å². The van der Waals surface area contributed by atoms with Crippen molar-refractivity contribution in [1.29, 1.82) is 0 Å². The minimum absolute atomic E-state index is 0.260. The Kier molecular flexibility index (Phi) is 3.81. The minimum Gasteiger partial charge on any atom is -0.495 e. The molecule has 1 N–H and O–H groups in total. The van der Waals surface area contributed by atoms with Gasteiger partial charge in [0, 0.05) is 12.5 Å². The number of carbonyl (C=O) groups excluding carboxylic acids is 1. The van der Waals surface area contributed by atoms with Gasteiger partial charge in [-0.05, 0) is 6.07 Å². The summed E-state index contributed by atoms with van der Waals surface area (Å²) in [5, 5.41) is 3.51. The summed E-state index contributed by atoms with van der Waals surface area (Å²) in [4.78, 5) is 11.4. The minimum atomic E-state index is -0.358. The number of ether oxygens (including phenoxy) is 3. The van der Waals surface area contributed by atoms with Gasteiger partial charge in [0.2, 0.25) is 0 Å². The van der Waals surface area contributed by atoms with Crippen molar-refractivity contribution in [3.8, 4) is 11.5 Å². The van der Waals surface area contributed by atoms with Crippen LogP contribution in [0.3, 0.4) is 0 Å². The fourth-order valence-electron chi connectivity index (χ4n) is 1.79. The van der Waals surface area contributed by atoms with E-state index in [1.54, 1.807) is 19.2 Å². The maximum atomic E-state index is 11.4.